The zero-order valence-corrected chi connectivity index (χ0v) is 25.0. The van der Waals surface area contributed by atoms with Crippen molar-refractivity contribution in [1.82, 2.24) is 19.9 Å². The minimum absolute atomic E-state index is 0.626. The van der Waals surface area contributed by atoms with Crippen LogP contribution in [-0.4, -0.2) is 19.9 Å². The summed E-state index contributed by atoms with van der Waals surface area (Å²) in [7, 11) is 0. The molecule has 0 aliphatic rings. The standard InChI is InChI=1S/C42H28N4/c1-4-13-29(14-5-1)32-19-10-20-33(27-32)36-24-25-38-37(23-12-26-43-38)39(36)34-21-11-22-35(28-34)42-45-40(30-15-6-2-7-16-30)44-41(46-42)31-17-8-3-9-18-31/h1-28H. The van der Waals surface area contributed by atoms with E-state index in [4.69, 9.17) is 19.9 Å². The fraction of sp³-hybridized carbons (Fsp3) is 0. The number of aromatic nitrogens is 4. The largest absolute Gasteiger partial charge is 0.256 e. The summed E-state index contributed by atoms with van der Waals surface area (Å²) in [6.45, 7) is 0. The third kappa shape index (κ3) is 5.33. The highest BCUT2D eigenvalue weighted by Crippen LogP contribution is 2.40. The predicted octanol–water partition coefficient (Wildman–Crippen LogP) is 10.4. The highest BCUT2D eigenvalue weighted by atomic mass is 15.0. The van der Waals surface area contributed by atoms with Crippen molar-refractivity contribution >= 4 is 10.9 Å². The van der Waals surface area contributed by atoms with Gasteiger partial charge in [0.05, 0.1) is 5.52 Å². The molecule has 0 radical (unpaired) electrons. The Labute approximate surface area is 267 Å². The number of rotatable bonds is 6. The van der Waals surface area contributed by atoms with Gasteiger partial charge >= 0.3 is 0 Å². The van der Waals surface area contributed by atoms with Gasteiger partial charge in [-0.25, -0.2) is 15.0 Å². The van der Waals surface area contributed by atoms with Gasteiger partial charge in [-0.2, -0.15) is 0 Å². The van der Waals surface area contributed by atoms with Gasteiger partial charge in [-0.1, -0.05) is 140 Å². The van der Waals surface area contributed by atoms with Crippen LogP contribution in [0.5, 0.6) is 0 Å². The first-order valence-electron chi connectivity index (χ1n) is 15.3. The van der Waals surface area contributed by atoms with Gasteiger partial charge in [0, 0.05) is 28.3 Å². The Morgan fingerprint density at radius 3 is 1.48 bits per heavy atom. The van der Waals surface area contributed by atoms with Gasteiger partial charge < -0.3 is 0 Å². The lowest BCUT2D eigenvalue weighted by atomic mass is 9.89. The number of hydrogen-bond acceptors (Lipinski definition) is 4. The van der Waals surface area contributed by atoms with Crippen LogP contribution in [0.2, 0.25) is 0 Å². The molecule has 0 saturated carbocycles. The third-order valence-electron chi connectivity index (χ3n) is 8.17. The van der Waals surface area contributed by atoms with E-state index in [-0.39, 0.29) is 0 Å². The van der Waals surface area contributed by atoms with E-state index in [0.29, 0.717) is 17.5 Å². The lowest BCUT2D eigenvalue weighted by Crippen LogP contribution is -2.00. The van der Waals surface area contributed by atoms with Gasteiger partial charge in [0.2, 0.25) is 0 Å². The van der Waals surface area contributed by atoms with Crippen molar-refractivity contribution in [3.05, 3.63) is 170 Å². The van der Waals surface area contributed by atoms with E-state index in [9.17, 15) is 0 Å². The second-order valence-electron chi connectivity index (χ2n) is 11.1. The third-order valence-corrected chi connectivity index (χ3v) is 8.17. The normalized spacial score (nSPS) is 11.0. The fourth-order valence-electron chi connectivity index (χ4n) is 5.95. The van der Waals surface area contributed by atoms with E-state index in [1.54, 1.807) is 0 Å². The Balaban J connectivity index is 1.31. The van der Waals surface area contributed by atoms with Crippen molar-refractivity contribution in [2.75, 3.05) is 0 Å². The summed E-state index contributed by atoms with van der Waals surface area (Å²) < 4.78 is 0. The summed E-state index contributed by atoms with van der Waals surface area (Å²) in [5, 5.41) is 1.09. The number of hydrogen-bond donors (Lipinski definition) is 0. The average molecular weight is 589 g/mol. The maximum atomic E-state index is 4.99. The van der Waals surface area contributed by atoms with Crippen LogP contribution in [0.4, 0.5) is 0 Å². The van der Waals surface area contributed by atoms with Gasteiger partial charge in [0.25, 0.3) is 0 Å². The predicted molar refractivity (Wildman–Crippen MR) is 188 cm³/mol. The minimum Gasteiger partial charge on any atom is -0.256 e. The van der Waals surface area contributed by atoms with Gasteiger partial charge in [-0.05, 0) is 57.6 Å². The summed E-state index contributed by atoms with van der Waals surface area (Å²) in [5.41, 5.74) is 10.6. The summed E-state index contributed by atoms with van der Waals surface area (Å²) in [5.74, 6) is 1.91. The number of fused-ring (bicyclic) bond motifs is 1. The van der Waals surface area contributed by atoms with Crippen LogP contribution in [-0.2, 0) is 0 Å². The van der Waals surface area contributed by atoms with Crippen LogP contribution in [0.25, 0.3) is 78.4 Å². The van der Waals surface area contributed by atoms with Crippen LogP contribution in [0.3, 0.4) is 0 Å². The Morgan fingerprint density at radius 2 is 0.826 bits per heavy atom. The molecule has 0 N–H and O–H groups in total. The van der Waals surface area contributed by atoms with Crippen LogP contribution < -0.4 is 0 Å². The molecule has 0 aliphatic carbocycles. The van der Waals surface area contributed by atoms with Crippen molar-refractivity contribution in [3.63, 3.8) is 0 Å². The molecule has 2 heterocycles. The van der Waals surface area contributed by atoms with E-state index in [0.717, 1.165) is 49.8 Å². The first-order valence-corrected chi connectivity index (χ1v) is 15.3. The number of benzene rings is 6. The van der Waals surface area contributed by atoms with Crippen LogP contribution in [0.1, 0.15) is 0 Å². The molecule has 216 valence electrons. The van der Waals surface area contributed by atoms with E-state index in [2.05, 4.69) is 91.0 Å². The van der Waals surface area contributed by atoms with Crippen molar-refractivity contribution in [3.8, 4) is 67.5 Å². The monoisotopic (exact) mass is 588 g/mol. The molecule has 46 heavy (non-hydrogen) atoms. The summed E-state index contributed by atoms with van der Waals surface area (Å²) >= 11 is 0. The lowest BCUT2D eigenvalue weighted by molar-refractivity contribution is 1.07. The first kappa shape index (κ1) is 27.3. The SMILES string of the molecule is c1ccc(-c2cccc(-c3ccc4ncccc4c3-c3cccc(-c4nc(-c5ccccc5)nc(-c5ccccc5)n4)c3)c2)cc1. The molecule has 2 aromatic heterocycles. The Hall–Kier alpha value is -6.26. The van der Waals surface area contributed by atoms with Gasteiger partial charge in [0.15, 0.2) is 17.5 Å². The zero-order chi connectivity index (χ0) is 30.7. The molecular weight excluding hydrogens is 560 g/mol. The Morgan fingerprint density at radius 1 is 0.326 bits per heavy atom. The summed E-state index contributed by atoms with van der Waals surface area (Å²) in [6.07, 6.45) is 1.85. The minimum atomic E-state index is 0.626. The smallest absolute Gasteiger partial charge is 0.164 e. The topological polar surface area (TPSA) is 51.6 Å². The highest BCUT2D eigenvalue weighted by Gasteiger charge is 2.16. The molecule has 8 aromatic rings. The maximum absolute atomic E-state index is 4.99. The molecule has 0 spiro atoms. The van der Waals surface area contributed by atoms with Crippen molar-refractivity contribution in [2.24, 2.45) is 0 Å². The summed E-state index contributed by atoms with van der Waals surface area (Å²) in [4.78, 5) is 19.6. The highest BCUT2D eigenvalue weighted by molar-refractivity contribution is 6.03. The quantitative estimate of drug-likeness (QED) is 0.194. The van der Waals surface area contributed by atoms with Crippen LogP contribution in [0, 0.1) is 0 Å². The lowest BCUT2D eigenvalue weighted by Gasteiger charge is -2.16. The molecule has 4 nitrogen and oxygen atoms in total. The Bertz CT molecular complexity index is 2240. The maximum Gasteiger partial charge on any atom is 0.164 e. The van der Waals surface area contributed by atoms with Crippen molar-refractivity contribution in [2.45, 2.75) is 0 Å². The fourth-order valence-corrected chi connectivity index (χ4v) is 5.95. The summed E-state index contributed by atoms with van der Waals surface area (Å²) in [6, 6.07) is 56.3. The van der Waals surface area contributed by atoms with E-state index >= 15 is 0 Å². The number of nitrogens with zero attached hydrogens (tertiary/aromatic N) is 4. The second-order valence-corrected chi connectivity index (χ2v) is 11.1. The van der Waals surface area contributed by atoms with E-state index < -0.39 is 0 Å². The Kier molecular flexibility index (Phi) is 7.14. The van der Waals surface area contributed by atoms with Crippen molar-refractivity contribution in [1.29, 1.82) is 0 Å². The molecule has 0 aliphatic heterocycles. The zero-order valence-electron chi connectivity index (χ0n) is 25.0. The van der Waals surface area contributed by atoms with Gasteiger partial charge in [0.1, 0.15) is 0 Å². The van der Waals surface area contributed by atoms with E-state index in [1.807, 2.05) is 79.0 Å². The van der Waals surface area contributed by atoms with Gasteiger partial charge in [-0.3, -0.25) is 4.98 Å². The molecule has 0 fully saturated rings. The molecule has 0 atom stereocenters. The molecular formula is C42H28N4. The molecule has 0 saturated heterocycles. The number of pyridine rings is 1. The molecule has 0 bridgehead atoms. The second kappa shape index (κ2) is 12.0. The molecule has 8 rings (SSSR count). The van der Waals surface area contributed by atoms with Crippen molar-refractivity contribution < 1.29 is 0 Å². The average Bonchev–Trinajstić information content (AvgIpc) is 3.15. The van der Waals surface area contributed by atoms with E-state index in [1.165, 1.54) is 11.1 Å². The first-order chi connectivity index (χ1) is 22.8. The van der Waals surface area contributed by atoms with Crippen LogP contribution >= 0.6 is 0 Å². The van der Waals surface area contributed by atoms with Gasteiger partial charge in [-0.15, -0.1) is 0 Å². The molecule has 6 aromatic carbocycles. The molecule has 0 amide bonds. The van der Waals surface area contributed by atoms with Crippen LogP contribution in [0.15, 0.2) is 170 Å². The molecule has 0 unspecified atom stereocenters. The molecule has 4 heteroatoms.